The maximum absolute atomic E-state index is 4.63. The molecule has 1 aromatic carbocycles. The van der Waals surface area contributed by atoms with Gasteiger partial charge in [0.25, 0.3) is 0 Å². The van der Waals surface area contributed by atoms with Crippen LogP contribution in [0.4, 0.5) is 0 Å². The van der Waals surface area contributed by atoms with E-state index >= 15 is 0 Å². The molecule has 19 heavy (non-hydrogen) atoms. The first kappa shape index (κ1) is 12.6. The standard InChI is InChI=1S/C17H22N2/c1-12-7-8-17-16(9-12)14(10-13(2)19-17)11-18-15-5-3-4-6-15/h7-10,15,18H,3-6,11H2,1-2H3. The number of hydrogen-bond acceptors (Lipinski definition) is 2. The third-order valence-corrected chi connectivity index (χ3v) is 4.11. The number of aromatic nitrogens is 1. The average molecular weight is 254 g/mol. The summed E-state index contributed by atoms with van der Waals surface area (Å²) in [6.07, 6.45) is 5.43. The predicted octanol–water partition coefficient (Wildman–Crippen LogP) is 3.88. The van der Waals surface area contributed by atoms with Gasteiger partial charge in [0.2, 0.25) is 0 Å². The van der Waals surface area contributed by atoms with E-state index in [0.717, 1.165) is 17.8 Å². The van der Waals surface area contributed by atoms with E-state index in [1.54, 1.807) is 0 Å². The van der Waals surface area contributed by atoms with Gasteiger partial charge in [0.15, 0.2) is 0 Å². The van der Waals surface area contributed by atoms with Crippen molar-refractivity contribution in [3.05, 3.63) is 41.1 Å². The van der Waals surface area contributed by atoms with Crippen molar-refractivity contribution in [2.75, 3.05) is 0 Å². The molecule has 0 saturated heterocycles. The van der Waals surface area contributed by atoms with Crippen molar-refractivity contribution in [3.63, 3.8) is 0 Å². The molecule has 0 radical (unpaired) electrons. The zero-order valence-corrected chi connectivity index (χ0v) is 11.9. The Kier molecular flexibility index (Phi) is 3.52. The molecule has 2 heteroatoms. The Morgan fingerprint density at radius 3 is 2.74 bits per heavy atom. The summed E-state index contributed by atoms with van der Waals surface area (Å²) in [5.41, 5.74) is 4.92. The molecule has 0 amide bonds. The summed E-state index contributed by atoms with van der Waals surface area (Å²) < 4.78 is 0. The molecule has 0 spiro atoms. The minimum Gasteiger partial charge on any atom is -0.310 e. The van der Waals surface area contributed by atoms with Crippen LogP contribution in [-0.4, -0.2) is 11.0 Å². The maximum atomic E-state index is 4.63. The van der Waals surface area contributed by atoms with E-state index in [-0.39, 0.29) is 0 Å². The number of pyridine rings is 1. The molecule has 0 aliphatic heterocycles. The smallest absolute Gasteiger partial charge is 0.0708 e. The van der Waals surface area contributed by atoms with Gasteiger partial charge in [0.05, 0.1) is 5.52 Å². The van der Waals surface area contributed by atoms with Crippen LogP contribution < -0.4 is 5.32 Å². The average Bonchev–Trinajstić information content (AvgIpc) is 2.89. The van der Waals surface area contributed by atoms with Gasteiger partial charge in [-0.2, -0.15) is 0 Å². The topological polar surface area (TPSA) is 24.9 Å². The van der Waals surface area contributed by atoms with Gasteiger partial charge in [-0.3, -0.25) is 4.98 Å². The van der Waals surface area contributed by atoms with Crippen LogP contribution in [0.15, 0.2) is 24.3 Å². The molecule has 0 bridgehead atoms. The fraction of sp³-hybridized carbons (Fsp3) is 0.471. The molecule has 1 N–H and O–H groups in total. The maximum Gasteiger partial charge on any atom is 0.0708 e. The second-order valence-corrected chi connectivity index (χ2v) is 5.81. The van der Waals surface area contributed by atoms with E-state index in [0.29, 0.717) is 6.04 Å². The lowest BCUT2D eigenvalue weighted by Gasteiger charge is -2.14. The highest BCUT2D eigenvalue weighted by Gasteiger charge is 2.14. The predicted molar refractivity (Wildman–Crippen MR) is 80.3 cm³/mol. The van der Waals surface area contributed by atoms with Crippen LogP contribution >= 0.6 is 0 Å². The normalized spacial score (nSPS) is 16.3. The molecule has 3 rings (SSSR count). The molecule has 1 aliphatic rings. The lowest BCUT2D eigenvalue weighted by molar-refractivity contribution is 0.525. The SMILES string of the molecule is Cc1ccc2nc(C)cc(CNC3CCCC3)c2c1. The number of benzene rings is 1. The van der Waals surface area contributed by atoms with Gasteiger partial charge < -0.3 is 5.32 Å². The van der Waals surface area contributed by atoms with E-state index in [9.17, 15) is 0 Å². The van der Waals surface area contributed by atoms with Crippen LogP contribution in [0.5, 0.6) is 0 Å². The van der Waals surface area contributed by atoms with Crippen LogP contribution in [0.2, 0.25) is 0 Å². The Morgan fingerprint density at radius 2 is 1.95 bits per heavy atom. The second kappa shape index (κ2) is 5.30. The van der Waals surface area contributed by atoms with Gasteiger partial charge in [0, 0.05) is 23.7 Å². The third kappa shape index (κ3) is 2.79. The summed E-state index contributed by atoms with van der Waals surface area (Å²) in [4.78, 5) is 4.63. The van der Waals surface area contributed by atoms with Crippen molar-refractivity contribution in [3.8, 4) is 0 Å². The molecule has 2 aromatic rings. The lowest BCUT2D eigenvalue weighted by Crippen LogP contribution is -2.25. The first-order chi connectivity index (χ1) is 9.22. The van der Waals surface area contributed by atoms with Gasteiger partial charge in [-0.15, -0.1) is 0 Å². The Labute approximate surface area is 115 Å². The number of nitrogens with one attached hydrogen (secondary N) is 1. The highest BCUT2D eigenvalue weighted by molar-refractivity contribution is 5.83. The molecule has 100 valence electrons. The summed E-state index contributed by atoms with van der Waals surface area (Å²) in [6.45, 7) is 5.19. The molecule has 1 aromatic heterocycles. The van der Waals surface area contributed by atoms with E-state index in [4.69, 9.17) is 0 Å². The molecular weight excluding hydrogens is 232 g/mol. The lowest BCUT2D eigenvalue weighted by atomic mass is 10.0. The molecule has 0 atom stereocenters. The highest BCUT2D eigenvalue weighted by Crippen LogP contribution is 2.22. The van der Waals surface area contributed by atoms with Crippen molar-refractivity contribution < 1.29 is 0 Å². The summed E-state index contributed by atoms with van der Waals surface area (Å²) in [7, 11) is 0. The number of fused-ring (bicyclic) bond motifs is 1. The van der Waals surface area contributed by atoms with Crippen LogP contribution in [0.25, 0.3) is 10.9 Å². The van der Waals surface area contributed by atoms with E-state index < -0.39 is 0 Å². The van der Waals surface area contributed by atoms with Crippen LogP contribution in [0, 0.1) is 13.8 Å². The fourth-order valence-corrected chi connectivity index (χ4v) is 3.09. The van der Waals surface area contributed by atoms with E-state index in [1.165, 1.54) is 42.2 Å². The first-order valence-corrected chi connectivity index (χ1v) is 7.32. The van der Waals surface area contributed by atoms with Gasteiger partial charge >= 0.3 is 0 Å². The Bertz CT molecular complexity index is 583. The largest absolute Gasteiger partial charge is 0.310 e. The van der Waals surface area contributed by atoms with E-state index in [2.05, 4.69) is 48.4 Å². The Hall–Kier alpha value is -1.41. The van der Waals surface area contributed by atoms with Crippen molar-refractivity contribution in [2.24, 2.45) is 0 Å². The van der Waals surface area contributed by atoms with Gasteiger partial charge in [0.1, 0.15) is 0 Å². The zero-order chi connectivity index (χ0) is 13.2. The Morgan fingerprint density at radius 1 is 1.16 bits per heavy atom. The number of aryl methyl sites for hydroxylation is 2. The van der Waals surface area contributed by atoms with Crippen molar-refractivity contribution >= 4 is 10.9 Å². The summed E-state index contributed by atoms with van der Waals surface area (Å²) in [6, 6.07) is 9.48. The summed E-state index contributed by atoms with van der Waals surface area (Å²) in [5, 5.41) is 5.01. The molecular formula is C17H22N2. The van der Waals surface area contributed by atoms with Crippen LogP contribution in [0.3, 0.4) is 0 Å². The van der Waals surface area contributed by atoms with Crippen molar-refractivity contribution in [1.29, 1.82) is 0 Å². The summed E-state index contributed by atoms with van der Waals surface area (Å²) >= 11 is 0. The molecule has 2 nitrogen and oxygen atoms in total. The van der Waals surface area contributed by atoms with Gasteiger partial charge in [-0.05, 0) is 50.5 Å². The third-order valence-electron chi connectivity index (χ3n) is 4.11. The molecule has 1 aliphatic carbocycles. The van der Waals surface area contributed by atoms with Crippen molar-refractivity contribution in [2.45, 2.75) is 52.1 Å². The zero-order valence-electron chi connectivity index (χ0n) is 11.9. The molecule has 1 fully saturated rings. The minimum absolute atomic E-state index is 0.716. The minimum atomic E-state index is 0.716. The monoisotopic (exact) mass is 254 g/mol. The number of rotatable bonds is 3. The highest BCUT2D eigenvalue weighted by atomic mass is 14.9. The number of hydrogen-bond donors (Lipinski definition) is 1. The van der Waals surface area contributed by atoms with E-state index in [1.807, 2.05) is 0 Å². The van der Waals surface area contributed by atoms with Gasteiger partial charge in [-0.25, -0.2) is 0 Å². The molecule has 1 heterocycles. The quantitative estimate of drug-likeness (QED) is 0.899. The molecule has 0 unspecified atom stereocenters. The van der Waals surface area contributed by atoms with Gasteiger partial charge in [-0.1, -0.05) is 24.5 Å². The first-order valence-electron chi connectivity index (χ1n) is 7.32. The van der Waals surface area contributed by atoms with Crippen LogP contribution in [-0.2, 0) is 6.54 Å². The fourth-order valence-electron chi connectivity index (χ4n) is 3.09. The second-order valence-electron chi connectivity index (χ2n) is 5.81. The van der Waals surface area contributed by atoms with Crippen molar-refractivity contribution in [1.82, 2.24) is 10.3 Å². The Balaban J connectivity index is 1.89. The van der Waals surface area contributed by atoms with Crippen LogP contribution in [0.1, 0.15) is 42.5 Å². The summed E-state index contributed by atoms with van der Waals surface area (Å²) in [5.74, 6) is 0. The number of nitrogens with zero attached hydrogens (tertiary/aromatic N) is 1. The molecule has 1 saturated carbocycles.